The van der Waals surface area contributed by atoms with Crippen LogP contribution in [0.2, 0.25) is 5.02 Å². The average molecular weight is 375 g/mol. The molecule has 0 aliphatic rings. The van der Waals surface area contributed by atoms with E-state index in [0.717, 1.165) is 16.9 Å². The number of rotatable bonds is 6. The highest BCUT2D eigenvalue weighted by atomic mass is 35.5. The van der Waals surface area contributed by atoms with E-state index in [-0.39, 0.29) is 11.7 Å². The summed E-state index contributed by atoms with van der Waals surface area (Å²) in [5, 5.41) is 3.54. The van der Waals surface area contributed by atoms with Crippen molar-refractivity contribution in [3.8, 4) is 0 Å². The van der Waals surface area contributed by atoms with E-state index in [1.807, 2.05) is 12.1 Å². The Morgan fingerprint density at radius 3 is 2.85 bits per heavy atom. The fourth-order valence-electron chi connectivity index (χ4n) is 2.91. The molecule has 1 aromatic heterocycles. The Balaban J connectivity index is 1.64. The smallest absolute Gasteiger partial charge is 0.241 e. The molecule has 3 rings (SSSR count). The number of imidazole rings is 1. The number of fused-ring (bicyclic) bond motifs is 1. The minimum Gasteiger partial charge on any atom is -0.354 e. The van der Waals surface area contributed by atoms with Crippen LogP contribution in [-0.4, -0.2) is 41.4 Å². The zero-order valence-electron chi connectivity index (χ0n) is 14.6. The zero-order valence-corrected chi connectivity index (χ0v) is 15.3. The molecule has 0 aliphatic heterocycles. The van der Waals surface area contributed by atoms with Crippen LogP contribution in [0.3, 0.4) is 0 Å². The molecule has 0 radical (unpaired) electrons. The molecule has 0 bridgehead atoms. The Labute approximate surface area is 156 Å². The molecule has 5 nitrogen and oxygen atoms in total. The molecule has 0 spiro atoms. The highest BCUT2D eigenvalue weighted by Crippen LogP contribution is 2.20. The molecule has 2 aromatic carbocycles. The first-order valence-corrected chi connectivity index (χ1v) is 8.65. The topological polar surface area (TPSA) is 61.0 Å². The molecule has 1 atom stereocenters. The molecular formula is C19H20ClFN4O. The van der Waals surface area contributed by atoms with Crippen LogP contribution in [0.5, 0.6) is 0 Å². The number of nitrogens with zero attached hydrogens (tertiary/aromatic N) is 2. The van der Waals surface area contributed by atoms with E-state index >= 15 is 0 Å². The summed E-state index contributed by atoms with van der Waals surface area (Å²) in [4.78, 5) is 22.0. The second-order valence-corrected chi connectivity index (χ2v) is 6.74. The fraction of sp³-hybridized carbons (Fsp3) is 0.263. The van der Waals surface area contributed by atoms with Gasteiger partial charge >= 0.3 is 0 Å². The molecule has 0 fully saturated rings. The maximum absolute atomic E-state index is 13.5. The van der Waals surface area contributed by atoms with Gasteiger partial charge < -0.3 is 10.3 Å². The first kappa shape index (κ1) is 18.4. The number of carbonyl (C=O) groups is 1. The fourth-order valence-corrected chi connectivity index (χ4v) is 3.09. The quantitative estimate of drug-likeness (QED) is 0.695. The number of hydrogen-bond acceptors (Lipinski definition) is 3. The Morgan fingerprint density at radius 2 is 2.12 bits per heavy atom. The second kappa shape index (κ2) is 7.85. The Kier molecular flexibility index (Phi) is 5.54. The van der Waals surface area contributed by atoms with Crippen LogP contribution in [0.4, 0.5) is 4.39 Å². The Bertz CT molecular complexity index is 925. The molecule has 1 amide bonds. The summed E-state index contributed by atoms with van der Waals surface area (Å²) in [5.74, 6) is 0.234. The van der Waals surface area contributed by atoms with Gasteiger partial charge in [-0.25, -0.2) is 9.37 Å². The number of halogens is 2. The number of hydrogen-bond donors (Lipinski definition) is 2. The predicted octanol–water partition coefficient (Wildman–Crippen LogP) is 3.32. The lowest BCUT2D eigenvalue weighted by Gasteiger charge is -2.23. The molecule has 0 saturated heterocycles. The van der Waals surface area contributed by atoms with Crippen molar-refractivity contribution in [1.82, 2.24) is 20.2 Å². The molecule has 26 heavy (non-hydrogen) atoms. The predicted molar refractivity (Wildman–Crippen MR) is 101 cm³/mol. The van der Waals surface area contributed by atoms with E-state index in [9.17, 15) is 9.18 Å². The molecule has 2 N–H and O–H groups in total. The summed E-state index contributed by atoms with van der Waals surface area (Å²) >= 11 is 5.97. The van der Waals surface area contributed by atoms with E-state index < -0.39 is 6.04 Å². The van der Waals surface area contributed by atoms with Crippen molar-refractivity contribution in [3.05, 3.63) is 64.7 Å². The summed E-state index contributed by atoms with van der Waals surface area (Å²) in [6, 6.07) is 11.0. The SMILES string of the molecule is CN(C)[C@H](C(=O)NCCc1nc2ccc(Cl)cc2[nH]1)c1cccc(F)c1. The van der Waals surface area contributed by atoms with Gasteiger partial charge in [-0.15, -0.1) is 0 Å². The molecule has 1 heterocycles. The largest absolute Gasteiger partial charge is 0.354 e. The van der Waals surface area contributed by atoms with Gasteiger partial charge in [0, 0.05) is 18.0 Å². The molecule has 3 aromatic rings. The van der Waals surface area contributed by atoms with Crippen molar-refractivity contribution in [2.75, 3.05) is 20.6 Å². The number of aromatic nitrogens is 2. The van der Waals surface area contributed by atoms with Crippen molar-refractivity contribution in [2.24, 2.45) is 0 Å². The Morgan fingerprint density at radius 1 is 1.31 bits per heavy atom. The number of nitrogens with one attached hydrogen (secondary N) is 2. The lowest BCUT2D eigenvalue weighted by atomic mass is 10.1. The van der Waals surface area contributed by atoms with Gasteiger partial charge in [-0.3, -0.25) is 9.69 Å². The van der Waals surface area contributed by atoms with Crippen LogP contribution in [0.15, 0.2) is 42.5 Å². The number of aromatic amines is 1. The third-order valence-corrected chi connectivity index (χ3v) is 4.32. The molecule has 0 unspecified atom stereocenters. The van der Waals surface area contributed by atoms with Gasteiger partial charge in [0.1, 0.15) is 17.7 Å². The van der Waals surface area contributed by atoms with Crippen LogP contribution in [0.25, 0.3) is 11.0 Å². The number of carbonyl (C=O) groups excluding carboxylic acids is 1. The van der Waals surface area contributed by atoms with Crippen LogP contribution < -0.4 is 5.32 Å². The van der Waals surface area contributed by atoms with Crippen LogP contribution in [0, 0.1) is 5.82 Å². The second-order valence-electron chi connectivity index (χ2n) is 6.31. The Hall–Kier alpha value is -2.44. The van der Waals surface area contributed by atoms with E-state index in [1.54, 1.807) is 37.2 Å². The first-order chi connectivity index (χ1) is 12.4. The summed E-state index contributed by atoms with van der Waals surface area (Å²) in [6.45, 7) is 0.423. The van der Waals surface area contributed by atoms with E-state index in [4.69, 9.17) is 11.6 Å². The van der Waals surface area contributed by atoms with Crippen molar-refractivity contribution >= 4 is 28.5 Å². The number of amides is 1. The van der Waals surface area contributed by atoms with E-state index in [0.29, 0.717) is 23.6 Å². The van der Waals surface area contributed by atoms with Crippen LogP contribution >= 0.6 is 11.6 Å². The van der Waals surface area contributed by atoms with Gasteiger partial charge in [0.2, 0.25) is 5.91 Å². The highest BCUT2D eigenvalue weighted by molar-refractivity contribution is 6.31. The summed E-state index contributed by atoms with van der Waals surface area (Å²) in [6.07, 6.45) is 0.557. The van der Waals surface area contributed by atoms with E-state index in [1.165, 1.54) is 12.1 Å². The summed E-state index contributed by atoms with van der Waals surface area (Å²) in [5.41, 5.74) is 2.32. The van der Waals surface area contributed by atoms with Gasteiger partial charge in [-0.05, 0) is 50.0 Å². The first-order valence-electron chi connectivity index (χ1n) is 8.28. The monoisotopic (exact) mass is 374 g/mol. The van der Waals surface area contributed by atoms with E-state index in [2.05, 4.69) is 15.3 Å². The number of H-pyrrole nitrogens is 1. The van der Waals surface area contributed by atoms with Crippen molar-refractivity contribution in [2.45, 2.75) is 12.5 Å². The van der Waals surface area contributed by atoms with Gasteiger partial charge in [0.25, 0.3) is 0 Å². The van der Waals surface area contributed by atoms with Gasteiger partial charge in [-0.2, -0.15) is 0 Å². The minimum atomic E-state index is -0.555. The molecule has 0 saturated carbocycles. The lowest BCUT2D eigenvalue weighted by Crippen LogP contribution is -2.38. The summed E-state index contributed by atoms with van der Waals surface area (Å²) < 4.78 is 13.5. The molecule has 0 aliphatic carbocycles. The van der Waals surface area contributed by atoms with Gasteiger partial charge in [0.15, 0.2) is 0 Å². The minimum absolute atomic E-state index is 0.181. The number of benzene rings is 2. The lowest BCUT2D eigenvalue weighted by molar-refractivity contribution is -0.125. The average Bonchev–Trinajstić information content (AvgIpc) is 2.96. The van der Waals surface area contributed by atoms with Crippen LogP contribution in [-0.2, 0) is 11.2 Å². The normalized spacial score (nSPS) is 12.5. The van der Waals surface area contributed by atoms with Crippen molar-refractivity contribution < 1.29 is 9.18 Å². The molecule has 136 valence electrons. The maximum Gasteiger partial charge on any atom is 0.241 e. The maximum atomic E-state index is 13.5. The molecular weight excluding hydrogens is 355 g/mol. The van der Waals surface area contributed by atoms with Crippen LogP contribution in [0.1, 0.15) is 17.4 Å². The van der Waals surface area contributed by atoms with Gasteiger partial charge in [0.05, 0.1) is 11.0 Å². The van der Waals surface area contributed by atoms with Crippen molar-refractivity contribution in [1.29, 1.82) is 0 Å². The zero-order chi connectivity index (χ0) is 18.7. The van der Waals surface area contributed by atoms with Crippen molar-refractivity contribution in [3.63, 3.8) is 0 Å². The third-order valence-electron chi connectivity index (χ3n) is 4.08. The third kappa shape index (κ3) is 4.20. The standard InChI is InChI=1S/C19H20ClFN4O/c1-25(2)18(12-4-3-5-14(21)10-12)19(26)22-9-8-17-23-15-7-6-13(20)11-16(15)24-17/h3-7,10-11,18H,8-9H2,1-2H3,(H,22,26)(H,23,24)/t18-/m0/s1. The number of likely N-dealkylation sites (N-methyl/N-ethyl adjacent to an activating group) is 1. The molecule has 7 heteroatoms. The summed E-state index contributed by atoms with van der Waals surface area (Å²) in [7, 11) is 3.58. The van der Waals surface area contributed by atoms with Gasteiger partial charge in [-0.1, -0.05) is 23.7 Å². The highest BCUT2D eigenvalue weighted by Gasteiger charge is 2.23.